The molecular weight excluding hydrogens is 260 g/mol. The molecule has 0 saturated carbocycles. The van der Waals surface area contributed by atoms with Crippen LogP contribution in [0, 0.1) is 5.92 Å². The van der Waals surface area contributed by atoms with E-state index in [-0.39, 0.29) is 18.3 Å². The second-order valence-electron chi connectivity index (χ2n) is 4.28. The van der Waals surface area contributed by atoms with Crippen molar-refractivity contribution in [2.24, 2.45) is 11.7 Å². The molecule has 2 N–H and O–H groups in total. The fourth-order valence-corrected chi connectivity index (χ4v) is 2.93. The molecule has 0 aromatic heterocycles. The minimum Gasteiger partial charge on any atom is -0.393 e. The van der Waals surface area contributed by atoms with E-state index in [0.717, 1.165) is 0 Å². The largest absolute Gasteiger partial charge is 0.393 e. The minimum atomic E-state index is -3.28. The van der Waals surface area contributed by atoms with E-state index < -0.39 is 10.0 Å². The van der Waals surface area contributed by atoms with Gasteiger partial charge in [0.15, 0.2) is 0 Å². The topological polar surface area (TPSA) is 72.6 Å². The number of nitrogens with two attached hydrogens (primary N) is 1. The molecule has 0 aromatic rings. The first kappa shape index (κ1) is 16.8. The fraction of sp³-hybridized carbons (Fsp3) is 0.900. The van der Waals surface area contributed by atoms with E-state index in [2.05, 4.69) is 0 Å². The van der Waals surface area contributed by atoms with Crippen molar-refractivity contribution in [3.8, 4) is 0 Å². The molecule has 0 spiro atoms. The molecular formula is C10H22N2O3S2. The normalized spacial score (nSPS) is 12.3. The predicted molar refractivity (Wildman–Crippen MR) is 73.5 cm³/mol. The summed E-state index contributed by atoms with van der Waals surface area (Å²) in [7, 11) is -1.80. The lowest BCUT2D eigenvalue weighted by Crippen LogP contribution is -2.38. The predicted octanol–water partition coefficient (Wildman–Crippen LogP) is 0.597. The number of methoxy groups -OCH3 is 1. The summed E-state index contributed by atoms with van der Waals surface area (Å²) < 4.78 is 30.2. The Morgan fingerprint density at radius 2 is 2.06 bits per heavy atom. The van der Waals surface area contributed by atoms with Crippen molar-refractivity contribution in [2.45, 2.75) is 20.3 Å². The van der Waals surface area contributed by atoms with Crippen molar-refractivity contribution in [1.29, 1.82) is 0 Å². The van der Waals surface area contributed by atoms with Crippen LogP contribution in [-0.2, 0) is 14.8 Å². The van der Waals surface area contributed by atoms with E-state index >= 15 is 0 Å². The molecule has 102 valence electrons. The summed E-state index contributed by atoms with van der Waals surface area (Å²) in [5.74, 6) is 0.256. The third-order valence-electron chi connectivity index (χ3n) is 2.12. The Bertz CT molecular complexity index is 328. The highest BCUT2D eigenvalue weighted by Gasteiger charge is 2.22. The van der Waals surface area contributed by atoms with Gasteiger partial charge in [0.2, 0.25) is 10.0 Å². The smallest absolute Gasteiger partial charge is 0.216 e. The van der Waals surface area contributed by atoms with Gasteiger partial charge < -0.3 is 10.5 Å². The second-order valence-corrected chi connectivity index (χ2v) is 6.89. The molecule has 5 nitrogen and oxygen atoms in total. The lowest BCUT2D eigenvalue weighted by molar-refractivity contribution is 0.215. The first-order valence-electron chi connectivity index (χ1n) is 5.54. The van der Waals surface area contributed by atoms with Gasteiger partial charge in [-0.05, 0) is 5.92 Å². The highest BCUT2D eigenvalue weighted by Crippen LogP contribution is 2.07. The van der Waals surface area contributed by atoms with Crippen LogP contribution in [0.1, 0.15) is 20.3 Å². The van der Waals surface area contributed by atoms with Gasteiger partial charge in [-0.2, -0.15) is 0 Å². The van der Waals surface area contributed by atoms with Crippen LogP contribution in [0.3, 0.4) is 0 Å². The fourth-order valence-electron chi connectivity index (χ4n) is 1.30. The highest BCUT2D eigenvalue weighted by molar-refractivity contribution is 7.89. The molecule has 17 heavy (non-hydrogen) atoms. The number of rotatable bonds is 9. The molecule has 0 radical (unpaired) electrons. The molecule has 7 heteroatoms. The molecule has 0 aliphatic heterocycles. The highest BCUT2D eigenvalue weighted by atomic mass is 32.2. The third-order valence-corrected chi connectivity index (χ3v) is 4.12. The Morgan fingerprint density at radius 3 is 2.47 bits per heavy atom. The van der Waals surface area contributed by atoms with E-state index in [4.69, 9.17) is 22.7 Å². The molecule has 0 unspecified atom stereocenters. The zero-order valence-electron chi connectivity index (χ0n) is 10.7. The van der Waals surface area contributed by atoms with Crippen molar-refractivity contribution in [3.05, 3.63) is 0 Å². The molecule has 0 amide bonds. The Kier molecular flexibility index (Phi) is 7.85. The molecule has 0 fully saturated rings. The zero-order chi connectivity index (χ0) is 13.5. The van der Waals surface area contributed by atoms with Crippen LogP contribution >= 0.6 is 12.2 Å². The van der Waals surface area contributed by atoms with Crippen molar-refractivity contribution in [2.75, 3.05) is 32.6 Å². The van der Waals surface area contributed by atoms with Crippen molar-refractivity contribution < 1.29 is 13.2 Å². The summed E-state index contributed by atoms with van der Waals surface area (Å²) in [4.78, 5) is 0.334. The maximum absolute atomic E-state index is 12.0. The van der Waals surface area contributed by atoms with Gasteiger partial charge in [0.1, 0.15) is 0 Å². The SMILES string of the molecule is COCCS(=O)(=O)N(CCC(N)=S)CC(C)C. The van der Waals surface area contributed by atoms with Crippen LogP contribution in [0.4, 0.5) is 0 Å². The van der Waals surface area contributed by atoms with E-state index in [1.807, 2.05) is 13.8 Å². The van der Waals surface area contributed by atoms with Crippen LogP contribution < -0.4 is 5.73 Å². The molecule has 0 heterocycles. The van der Waals surface area contributed by atoms with Crippen molar-refractivity contribution in [1.82, 2.24) is 4.31 Å². The molecule has 0 aliphatic carbocycles. The Balaban J connectivity index is 4.59. The maximum atomic E-state index is 12.0. The van der Waals surface area contributed by atoms with E-state index in [9.17, 15) is 8.42 Å². The Morgan fingerprint density at radius 1 is 1.47 bits per heavy atom. The zero-order valence-corrected chi connectivity index (χ0v) is 12.3. The molecule has 0 bridgehead atoms. The summed E-state index contributed by atoms with van der Waals surface area (Å²) in [5.41, 5.74) is 5.40. The lowest BCUT2D eigenvalue weighted by atomic mass is 10.2. The summed E-state index contributed by atoms with van der Waals surface area (Å²) in [6.45, 7) is 4.97. The second kappa shape index (κ2) is 7.97. The summed E-state index contributed by atoms with van der Waals surface area (Å²) >= 11 is 4.77. The van der Waals surface area contributed by atoms with Gasteiger partial charge in [0, 0.05) is 26.6 Å². The molecule has 0 aliphatic rings. The first-order chi connectivity index (χ1) is 7.79. The van der Waals surface area contributed by atoms with Crippen LogP contribution in [0.15, 0.2) is 0 Å². The standard InChI is InChI=1S/C10H22N2O3S2/c1-9(2)8-12(5-4-10(11)16)17(13,14)7-6-15-3/h9H,4-8H2,1-3H3,(H2,11,16). The summed E-state index contributed by atoms with van der Waals surface area (Å²) in [6, 6.07) is 0. The molecule has 0 saturated heterocycles. The monoisotopic (exact) mass is 282 g/mol. The number of sulfonamides is 1. The van der Waals surface area contributed by atoms with Gasteiger partial charge >= 0.3 is 0 Å². The third kappa shape index (κ3) is 7.64. The van der Waals surface area contributed by atoms with Crippen LogP contribution in [0.2, 0.25) is 0 Å². The average molecular weight is 282 g/mol. The number of hydrogen-bond donors (Lipinski definition) is 1. The Hall–Kier alpha value is -0.240. The van der Waals surface area contributed by atoms with Crippen molar-refractivity contribution in [3.63, 3.8) is 0 Å². The average Bonchev–Trinajstić information content (AvgIpc) is 2.20. The van der Waals surface area contributed by atoms with Gasteiger partial charge in [0.25, 0.3) is 0 Å². The summed E-state index contributed by atoms with van der Waals surface area (Å²) in [5, 5.41) is 0. The lowest BCUT2D eigenvalue weighted by Gasteiger charge is -2.23. The van der Waals surface area contributed by atoms with Gasteiger partial charge in [-0.15, -0.1) is 0 Å². The van der Waals surface area contributed by atoms with E-state index in [1.54, 1.807) is 0 Å². The van der Waals surface area contributed by atoms with Gasteiger partial charge in [0.05, 0.1) is 17.3 Å². The Labute approximate surface area is 109 Å². The number of thiocarbonyl (C=S) groups is 1. The van der Waals surface area contributed by atoms with Crippen molar-refractivity contribution >= 4 is 27.2 Å². The number of ether oxygens (including phenoxy) is 1. The van der Waals surface area contributed by atoms with E-state index in [1.165, 1.54) is 11.4 Å². The first-order valence-corrected chi connectivity index (χ1v) is 7.56. The van der Waals surface area contributed by atoms with E-state index in [0.29, 0.717) is 24.5 Å². The molecule has 0 atom stereocenters. The number of hydrogen-bond acceptors (Lipinski definition) is 4. The van der Waals surface area contributed by atoms with Gasteiger partial charge in [-0.3, -0.25) is 0 Å². The number of nitrogens with zero attached hydrogens (tertiary/aromatic N) is 1. The van der Waals surface area contributed by atoms with Crippen LogP contribution in [-0.4, -0.2) is 50.3 Å². The quantitative estimate of drug-likeness (QED) is 0.627. The van der Waals surface area contributed by atoms with Crippen LogP contribution in [0.5, 0.6) is 0 Å². The van der Waals surface area contributed by atoms with Gasteiger partial charge in [-0.25, -0.2) is 12.7 Å². The molecule has 0 rings (SSSR count). The maximum Gasteiger partial charge on any atom is 0.216 e. The molecule has 0 aromatic carbocycles. The minimum absolute atomic E-state index is 0.00640. The van der Waals surface area contributed by atoms with Gasteiger partial charge in [-0.1, -0.05) is 26.1 Å². The van der Waals surface area contributed by atoms with Crippen LogP contribution in [0.25, 0.3) is 0 Å². The summed E-state index contributed by atoms with van der Waals surface area (Å²) in [6.07, 6.45) is 0.411.